The lowest BCUT2D eigenvalue weighted by molar-refractivity contribution is 0.199. The zero-order valence-corrected chi connectivity index (χ0v) is 14.6. The fraction of sp³-hybridized carbons (Fsp3) is 1.00. The molecule has 0 aliphatic carbocycles. The first-order chi connectivity index (χ1) is 9.16. The normalized spacial score (nSPS) is 25.1. The molecular formula is C15H34N2OSi. The molecule has 3 nitrogen and oxygen atoms in total. The Balaban J connectivity index is 2.47. The second kappa shape index (κ2) is 9.11. The number of nitrogens with zero attached hydrogens (tertiary/aromatic N) is 2. The van der Waals surface area contributed by atoms with Gasteiger partial charge in [0.05, 0.1) is 0 Å². The lowest BCUT2D eigenvalue weighted by Gasteiger charge is -2.43. The van der Waals surface area contributed by atoms with E-state index < -0.39 is 8.48 Å². The van der Waals surface area contributed by atoms with Crippen LogP contribution in [0.5, 0.6) is 0 Å². The van der Waals surface area contributed by atoms with Crippen molar-refractivity contribution in [3.8, 4) is 0 Å². The second-order valence-electron chi connectivity index (χ2n) is 5.89. The minimum absolute atomic E-state index is 0.882. The monoisotopic (exact) mass is 286 g/mol. The van der Waals surface area contributed by atoms with E-state index in [1.807, 2.05) is 0 Å². The summed E-state index contributed by atoms with van der Waals surface area (Å²) in [5.41, 5.74) is 0. The molecule has 4 heteroatoms. The standard InChI is InChI=1S/C15H34N2OSi/c1-5-10-16(11-6-2)13-14-17-12-8-9-15-19(17,4)18-7-3/h5-15H2,1-4H3. The topological polar surface area (TPSA) is 15.7 Å². The van der Waals surface area contributed by atoms with Crippen molar-refractivity contribution >= 4 is 8.48 Å². The highest BCUT2D eigenvalue weighted by Gasteiger charge is 2.38. The van der Waals surface area contributed by atoms with Gasteiger partial charge in [-0.2, -0.15) is 0 Å². The van der Waals surface area contributed by atoms with Crippen molar-refractivity contribution < 1.29 is 4.43 Å². The maximum Gasteiger partial charge on any atom is 0.268 e. The molecule has 0 N–H and O–H groups in total. The lowest BCUT2D eigenvalue weighted by Crippen LogP contribution is -2.58. The molecule has 1 heterocycles. The fourth-order valence-corrected chi connectivity index (χ4v) is 6.58. The van der Waals surface area contributed by atoms with Crippen LogP contribution < -0.4 is 0 Å². The second-order valence-corrected chi connectivity index (χ2v) is 9.67. The molecule has 0 aromatic carbocycles. The van der Waals surface area contributed by atoms with E-state index in [2.05, 4.69) is 36.8 Å². The van der Waals surface area contributed by atoms with Gasteiger partial charge in [0.15, 0.2) is 0 Å². The molecule has 1 atom stereocenters. The van der Waals surface area contributed by atoms with E-state index in [0.29, 0.717) is 0 Å². The minimum Gasteiger partial charge on any atom is -0.403 e. The van der Waals surface area contributed by atoms with Gasteiger partial charge in [-0.3, -0.25) is 0 Å². The van der Waals surface area contributed by atoms with E-state index in [1.165, 1.54) is 64.5 Å². The summed E-state index contributed by atoms with van der Waals surface area (Å²) in [6.07, 6.45) is 5.25. The molecule has 1 rings (SSSR count). The third-order valence-corrected chi connectivity index (χ3v) is 8.19. The van der Waals surface area contributed by atoms with Gasteiger partial charge in [0.2, 0.25) is 0 Å². The summed E-state index contributed by atoms with van der Waals surface area (Å²) in [4.78, 5) is 2.62. The summed E-state index contributed by atoms with van der Waals surface area (Å²) in [7, 11) is -1.57. The van der Waals surface area contributed by atoms with Gasteiger partial charge in [-0.25, -0.2) is 0 Å². The molecule has 114 valence electrons. The van der Waals surface area contributed by atoms with Crippen LogP contribution in [0.15, 0.2) is 0 Å². The summed E-state index contributed by atoms with van der Waals surface area (Å²) in [6, 6.07) is 1.32. The van der Waals surface area contributed by atoms with E-state index in [9.17, 15) is 0 Å². The Labute approximate surface area is 121 Å². The highest BCUT2D eigenvalue weighted by atomic mass is 28.4. The predicted molar refractivity (Wildman–Crippen MR) is 85.9 cm³/mol. The van der Waals surface area contributed by atoms with Crippen LogP contribution in [-0.4, -0.2) is 57.3 Å². The maximum absolute atomic E-state index is 6.18. The highest BCUT2D eigenvalue weighted by Crippen LogP contribution is 2.25. The molecule has 19 heavy (non-hydrogen) atoms. The third-order valence-electron chi connectivity index (χ3n) is 4.21. The van der Waals surface area contributed by atoms with Gasteiger partial charge < -0.3 is 13.9 Å². The summed E-state index contributed by atoms with van der Waals surface area (Å²) in [6.45, 7) is 16.2. The fourth-order valence-electron chi connectivity index (χ4n) is 3.20. The summed E-state index contributed by atoms with van der Waals surface area (Å²) >= 11 is 0. The van der Waals surface area contributed by atoms with Gasteiger partial charge in [0, 0.05) is 19.7 Å². The Kier molecular flexibility index (Phi) is 8.22. The Bertz CT molecular complexity index is 230. The molecule has 1 aliphatic rings. The van der Waals surface area contributed by atoms with E-state index in [4.69, 9.17) is 4.43 Å². The molecule has 0 aromatic rings. The van der Waals surface area contributed by atoms with E-state index in [-0.39, 0.29) is 0 Å². The zero-order valence-electron chi connectivity index (χ0n) is 13.6. The van der Waals surface area contributed by atoms with Gasteiger partial charge in [0.25, 0.3) is 8.48 Å². The Morgan fingerprint density at radius 1 is 1.05 bits per heavy atom. The Morgan fingerprint density at radius 2 is 1.74 bits per heavy atom. The molecule has 0 saturated carbocycles. The van der Waals surface area contributed by atoms with Crippen molar-refractivity contribution in [2.45, 2.75) is 59.0 Å². The van der Waals surface area contributed by atoms with Gasteiger partial charge >= 0.3 is 0 Å². The number of hydrogen-bond acceptors (Lipinski definition) is 3. The zero-order chi connectivity index (χ0) is 14.1. The molecule has 0 aromatic heterocycles. The van der Waals surface area contributed by atoms with E-state index in [0.717, 1.165) is 6.61 Å². The van der Waals surface area contributed by atoms with Gasteiger partial charge in [-0.1, -0.05) is 20.3 Å². The quantitative estimate of drug-likeness (QED) is 0.605. The van der Waals surface area contributed by atoms with Crippen LogP contribution in [-0.2, 0) is 4.43 Å². The van der Waals surface area contributed by atoms with Crippen LogP contribution in [0.2, 0.25) is 12.6 Å². The molecule has 0 spiro atoms. The predicted octanol–water partition coefficient (Wildman–Crippen LogP) is 3.31. The average Bonchev–Trinajstić information content (AvgIpc) is 2.38. The van der Waals surface area contributed by atoms with Crippen LogP contribution >= 0.6 is 0 Å². The van der Waals surface area contributed by atoms with Crippen LogP contribution in [0.4, 0.5) is 0 Å². The Morgan fingerprint density at radius 3 is 2.32 bits per heavy atom. The van der Waals surface area contributed by atoms with Crippen molar-refractivity contribution in [2.24, 2.45) is 0 Å². The molecule has 0 radical (unpaired) electrons. The van der Waals surface area contributed by atoms with Crippen molar-refractivity contribution in [1.29, 1.82) is 0 Å². The number of rotatable bonds is 9. The van der Waals surface area contributed by atoms with Crippen molar-refractivity contribution in [3.05, 3.63) is 0 Å². The SMILES string of the molecule is CCCN(CCC)CCN1CCCC[Si]1(C)OCC. The summed E-state index contributed by atoms with van der Waals surface area (Å²) in [5, 5.41) is 0. The Hall–Kier alpha value is 0.0969. The van der Waals surface area contributed by atoms with Crippen LogP contribution in [0.3, 0.4) is 0 Å². The molecule has 1 unspecified atom stereocenters. The van der Waals surface area contributed by atoms with Crippen molar-refractivity contribution in [2.75, 3.05) is 39.3 Å². The van der Waals surface area contributed by atoms with Crippen LogP contribution in [0, 0.1) is 0 Å². The minimum atomic E-state index is -1.57. The van der Waals surface area contributed by atoms with Gasteiger partial charge in [-0.15, -0.1) is 0 Å². The molecule has 1 fully saturated rings. The van der Waals surface area contributed by atoms with Gasteiger partial charge in [0.1, 0.15) is 0 Å². The lowest BCUT2D eigenvalue weighted by atomic mass is 10.3. The summed E-state index contributed by atoms with van der Waals surface area (Å²) in [5.74, 6) is 0. The molecule has 1 saturated heterocycles. The largest absolute Gasteiger partial charge is 0.403 e. The van der Waals surface area contributed by atoms with E-state index in [1.54, 1.807) is 0 Å². The maximum atomic E-state index is 6.18. The summed E-state index contributed by atoms with van der Waals surface area (Å²) < 4.78 is 8.89. The van der Waals surface area contributed by atoms with Gasteiger partial charge in [-0.05, 0) is 58.4 Å². The highest BCUT2D eigenvalue weighted by molar-refractivity contribution is 6.69. The molecular weight excluding hydrogens is 252 g/mol. The average molecular weight is 287 g/mol. The smallest absolute Gasteiger partial charge is 0.268 e. The van der Waals surface area contributed by atoms with Crippen LogP contribution in [0.1, 0.15) is 46.5 Å². The first-order valence-electron chi connectivity index (χ1n) is 8.27. The first kappa shape index (κ1) is 17.1. The van der Waals surface area contributed by atoms with Crippen molar-refractivity contribution in [1.82, 2.24) is 9.47 Å². The van der Waals surface area contributed by atoms with E-state index >= 15 is 0 Å². The molecule has 1 aliphatic heterocycles. The first-order valence-corrected chi connectivity index (χ1v) is 10.8. The molecule has 0 amide bonds. The number of hydrogen-bond donors (Lipinski definition) is 0. The third kappa shape index (κ3) is 5.54. The molecule has 0 bridgehead atoms. The van der Waals surface area contributed by atoms with Crippen molar-refractivity contribution in [3.63, 3.8) is 0 Å². The van der Waals surface area contributed by atoms with Crippen LogP contribution in [0.25, 0.3) is 0 Å².